The number of methoxy groups -OCH3 is 2. The molecule has 13 nitrogen and oxygen atoms in total. The highest BCUT2D eigenvalue weighted by atomic mass is 32.2. The van der Waals surface area contributed by atoms with Crippen molar-refractivity contribution in [2.45, 2.75) is 60.7 Å². The minimum absolute atomic E-state index is 0. The molecule has 402 valence electrons. The smallest absolute Gasteiger partial charge is 0.353 e. The molecule has 2 unspecified atom stereocenters. The molecule has 2 atom stereocenters. The highest BCUT2D eigenvalue weighted by molar-refractivity contribution is 7.89. The molecule has 4 aromatic heterocycles. The van der Waals surface area contributed by atoms with E-state index in [1.807, 2.05) is 51.9 Å². The Labute approximate surface area is 446 Å². The van der Waals surface area contributed by atoms with Gasteiger partial charge >= 0.3 is 5.97 Å². The Morgan fingerprint density at radius 3 is 1.55 bits per heavy atom. The summed E-state index contributed by atoms with van der Waals surface area (Å²) in [5.74, 6) is -4.52. The van der Waals surface area contributed by atoms with Gasteiger partial charge in [-0.05, 0) is 120 Å². The topological polar surface area (TPSA) is 162 Å². The van der Waals surface area contributed by atoms with Gasteiger partial charge in [0.2, 0.25) is 10.0 Å². The minimum Gasteiger partial charge on any atom is -0.477 e. The van der Waals surface area contributed by atoms with Gasteiger partial charge in [-0.15, -0.1) is 22.7 Å². The summed E-state index contributed by atoms with van der Waals surface area (Å²) in [4.78, 5) is 26.1. The van der Waals surface area contributed by atoms with E-state index in [1.54, 1.807) is 36.7 Å². The third-order valence-electron chi connectivity index (χ3n) is 12.3. The number of ether oxygens (including phenoxy) is 3. The number of hydrogen-bond acceptors (Lipinski definition) is 11. The molecule has 0 spiro atoms. The molecule has 3 aliphatic rings. The molecule has 4 N–H and O–H groups in total. The second-order valence-electron chi connectivity index (χ2n) is 17.0. The number of thiophene rings is 2. The number of hydrogen-bond donors (Lipinski definition) is 4. The Morgan fingerprint density at radius 2 is 1.14 bits per heavy atom. The number of aromatic nitrogens is 2. The van der Waals surface area contributed by atoms with Crippen LogP contribution >= 0.6 is 22.7 Å². The van der Waals surface area contributed by atoms with E-state index in [1.165, 1.54) is 58.9 Å². The van der Waals surface area contributed by atoms with Crippen molar-refractivity contribution in [3.63, 3.8) is 0 Å². The summed E-state index contributed by atoms with van der Waals surface area (Å²) in [6.07, 6.45) is 12.8. The molecule has 76 heavy (non-hydrogen) atoms. The molecular weight excluding hydrogens is 1040 g/mol. The number of carbonyl (C=O) groups is 2. The Balaban J connectivity index is 0.000000219. The molecule has 11 rings (SSSR count). The molecule has 0 saturated carbocycles. The third kappa shape index (κ3) is 11.8. The van der Waals surface area contributed by atoms with Gasteiger partial charge in [-0.2, -0.15) is 0 Å². The van der Waals surface area contributed by atoms with Crippen molar-refractivity contribution in [3.05, 3.63) is 177 Å². The summed E-state index contributed by atoms with van der Waals surface area (Å²) in [7, 11) is -0.899. The fourth-order valence-electron chi connectivity index (χ4n) is 9.23. The Bertz CT molecular complexity index is 3680. The van der Waals surface area contributed by atoms with Crippen LogP contribution in [0.15, 0.2) is 120 Å². The number of nitrogens with zero attached hydrogens (tertiary/aromatic N) is 2. The average molecular weight is 1100 g/mol. The van der Waals surface area contributed by atoms with Gasteiger partial charge in [0.1, 0.15) is 34.7 Å². The molecule has 0 radical (unpaired) electrons. The first kappa shape index (κ1) is 58.2. The maximum absolute atomic E-state index is 14.7. The second-order valence-corrected chi connectivity index (χ2v) is 20.6. The first-order valence-corrected chi connectivity index (χ1v) is 26.4. The number of sulfonamides is 1. The molecule has 7 heterocycles. The molecule has 3 aliphatic heterocycles. The highest BCUT2D eigenvalue weighted by Gasteiger charge is 2.33. The van der Waals surface area contributed by atoms with Crippen molar-refractivity contribution in [3.8, 4) is 0 Å². The number of carboxylic acid groups (broad SMARTS) is 1. The molecule has 0 bridgehead atoms. The van der Waals surface area contributed by atoms with Gasteiger partial charge in [0.25, 0.3) is 5.91 Å². The predicted molar refractivity (Wildman–Crippen MR) is 297 cm³/mol. The largest absolute Gasteiger partial charge is 0.477 e. The number of benzene rings is 4. The van der Waals surface area contributed by atoms with Gasteiger partial charge in [0.05, 0.1) is 30.4 Å². The molecule has 20 heteroatoms. The van der Waals surface area contributed by atoms with E-state index in [0.717, 1.165) is 81.4 Å². The molecule has 1 fully saturated rings. The zero-order valence-corrected chi connectivity index (χ0v) is 41.8. The van der Waals surface area contributed by atoms with E-state index in [4.69, 9.17) is 14.2 Å². The number of aromatic carboxylic acids is 1. The summed E-state index contributed by atoms with van der Waals surface area (Å²) < 4.78 is 104. The number of amides is 1. The van der Waals surface area contributed by atoms with Crippen LogP contribution in [-0.2, 0) is 37.3 Å². The van der Waals surface area contributed by atoms with E-state index in [0.29, 0.717) is 38.7 Å². The van der Waals surface area contributed by atoms with Crippen molar-refractivity contribution in [2.24, 2.45) is 0 Å². The third-order valence-corrected chi connectivity index (χ3v) is 14.8. The maximum Gasteiger partial charge on any atom is 0.353 e. The van der Waals surface area contributed by atoms with Crippen molar-refractivity contribution in [1.29, 1.82) is 0 Å². The minimum atomic E-state index is -3.94. The highest BCUT2D eigenvalue weighted by Crippen LogP contribution is 2.43. The van der Waals surface area contributed by atoms with Gasteiger partial charge in [-0.3, -0.25) is 4.79 Å². The van der Waals surface area contributed by atoms with Crippen LogP contribution in [0.2, 0.25) is 0 Å². The van der Waals surface area contributed by atoms with Crippen LogP contribution in [0.5, 0.6) is 0 Å². The fraction of sp³-hybridized carbons (Fsp3) is 0.250. The number of fused-ring (bicyclic) bond motifs is 6. The van der Waals surface area contributed by atoms with Crippen molar-refractivity contribution >= 4 is 97.7 Å². The number of allylic oxidation sites excluding steroid dienone is 4. The fourth-order valence-corrected chi connectivity index (χ4v) is 11.6. The summed E-state index contributed by atoms with van der Waals surface area (Å²) >= 11 is 2.96. The molecule has 0 aliphatic carbocycles. The summed E-state index contributed by atoms with van der Waals surface area (Å²) in [5, 5.41) is 23.6. The Kier molecular flexibility index (Phi) is 18.9. The van der Waals surface area contributed by atoms with Crippen molar-refractivity contribution < 1.29 is 54.9 Å². The molecule has 1 amide bonds. The Morgan fingerprint density at radius 1 is 0.697 bits per heavy atom. The van der Waals surface area contributed by atoms with Crippen LogP contribution in [0.3, 0.4) is 0 Å². The van der Waals surface area contributed by atoms with E-state index in [2.05, 4.69) is 10.6 Å². The quantitative estimate of drug-likeness (QED) is 0.0917. The number of carboxylic acids is 1. The van der Waals surface area contributed by atoms with E-state index < -0.39 is 57.6 Å². The number of dihydropyridines is 2. The van der Waals surface area contributed by atoms with E-state index in [-0.39, 0.29) is 57.9 Å². The summed E-state index contributed by atoms with van der Waals surface area (Å²) in [5.41, 5.74) is 3.44. The molecular formula is C56H59F4N5O8S3. The Hall–Kier alpha value is -7.07. The second kappa shape index (κ2) is 24.7. The zero-order valence-electron chi connectivity index (χ0n) is 39.4. The van der Waals surface area contributed by atoms with Gasteiger partial charge in [-0.1, -0.05) is 46.6 Å². The number of halogens is 4. The van der Waals surface area contributed by atoms with Gasteiger partial charge in [0, 0.05) is 81.0 Å². The van der Waals surface area contributed by atoms with E-state index in [9.17, 15) is 40.7 Å². The number of carbonyl (C=O) groups excluding carboxylic acids is 1. The van der Waals surface area contributed by atoms with Crippen molar-refractivity contribution in [2.75, 3.05) is 33.7 Å². The average Bonchev–Trinajstić information content (AvgIpc) is 4.26. The monoisotopic (exact) mass is 1100 g/mol. The lowest BCUT2D eigenvalue weighted by Crippen LogP contribution is -2.34. The first-order chi connectivity index (χ1) is 35.2. The lowest BCUT2D eigenvalue weighted by Gasteiger charge is -2.23. The first-order valence-electron chi connectivity index (χ1n) is 22.7. The van der Waals surface area contributed by atoms with Crippen LogP contribution in [0.25, 0.3) is 53.1 Å². The van der Waals surface area contributed by atoms with Crippen LogP contribution in [-0.4, -0.2) is 80.7 Å². The van der Waals surface area contributed by atoms with Crippen LogP contribution in [0.4, 0.5) is 17.6 Å². The van der Waals surface area contributed by atoms with E-state index >= 15 is 0 Å². The summed E-state index contributed by atoms with van der Waals surface area (Å²) in [6.45, 7) is 1.66. The van der Waals surface area contributed by atoms with Crippen LogP contribution < -0.4 is 15.4 Å². The van der Waals surface area contributed by atoms with Gasteiger partial charge in [0.15, 0.2) is 12.5 Å². The van der Waals surface area contributed by atoms with Gasteiger partial charge in [-0.25, -0.2) is 35.5 Å². The predicted octanol–water partition coefficient (Wildman–Crippen LogP) is 12.4. The normalized spacial score (nSPS) is 15.7. The van der Waals surface area contributed by atoms with Crippen LogP contribution in [0, 0.1) is 23.3 Å². The molecule has 8 aromatic rings. The lowest BCUT2D eigenvalue weighted by molar-refractivity contribution is 0.0685. The number of nitrogens with one attached hydrogen (secondary N) is 3. The SMILES string of the molecule is C.C.C.C1CCOC1.COC1NC=CC=C1c1c(C(=O)NS(C)(=O)=O)n(Cc2cc(F)ccc2F)c2ccc3ccsc3c12.COC1NC=CC=C1c1c(C(=O)O)n(Cc2cc(F)ccc2F)c2ccc3ccsc3c12. The standard InChI is InChI=1S/C25H21F2N3O4S2.C24H18F2N2O3S.C4H8O.3CH4/c1-34-25-17(4-3-10-28-25)20-21-19(8-5-14-9-11-35-23(14)21)30(22(20)24(31)29-36(2,32)33)13-15-12-16(26)6-7-18(15)27;1-31-23-16(3-2-9-27-23)19-20-18(7-4-13-8-10-32-22(13)20)28(21(19)24(29)30)12-14-11-15(25)5-6-17(14)26;1-2-4-5-3-1;;;/h3-12,25,28H,13H2,1-2H3,(H,29,31);2-11,23,27H,12H2,1H3,(H,29,30);1-4H2;3*1H4. The number of rotatable bonds is 11. The maximum atomic E-state index is 14.7. The van der Waals surface area contributed by atoms with Gasteiger partial charge < -0.3 is 39.1 Å². The molecule has 4 aromatic carbocycles. The van der Waals surface area contributed by atoms with Crippen molar-refractivity contribution in [1.82, 2.24) is 24.5 Å². The van der Waals surface area contributed by atoms with Crippen LogP contribution in [0.1, 0.15) is 78.4 Å². The summed E-state index contributed by atoms with van der Waals surface area (Å²) in [6, 6.07) is 17.6. The zero-order chi connectivity index (χ0) is 51.6. The molecule has 1 saturated heterocycles. The lowest BCUT2D eigenvalue weighted by atomic mass is 9.97.